The third kappa shape index (κ3) is 3.68. The van der Waals surface area contributed by atoms with Crippen LogP contribution in [0.2, 0.25) is 0 Å². The lowest BCUT2D eigenvalue weighted by Gasteiger charge is -2.29. The minimum absolute atomic E-state index is 0.0250. The van der Waals surface area contributed by atoms with E-state index in [9.17, 15) is 9.18 Å². The Kier molecular flexibility index (Phi) is 5.16. The lowest BCUT2D eigenvalue weighted by Crippen LogP contribution is -2.38. The first kappa shape index (κ1) is 19.7. The molecule has 0 bridgehead atoms. The van der Waals surface area contributed by atoms with E-state index in [4.69, 9.17) is 5.73 Å². The zero-order valence-electron chi connectivity index (χ0n) is 17.3. The number of hydrogen-bond donors (Lipinski definition) is 2. The van der Waals surface area contributed by atoms with E-state index < -0.39 is 5.95 Å². The first-order valence-corrected chi connectivity index (χ1v) is 10.8. The molecule has 3 N–H and O–H groups in total. The molecule has 1 unspecified atom stereocenters. The molecule has 0 aliphatic carbocycles. The van der Waals surface area contributed by atoms with Crippen LogP contribution in [-0.4, -0.2) is 24.0 Å². The second kappa shape index (κ2) is 8.12. The maximum Gasteiger partial charge on any atom is 0.258 e. The van der Waals surface area contributed by atoms with Crippen LogP contribution in [0.25, 0.3) is 11.1 Å². The lowest BCUT2D eigenvalue weighted by molar-refractivity contribution is 0.0980. The number of carbonyl (C=O) groups is 1. The molecule has 0 saturated carbocycles. The summed E-state index contributed by atoms with van der Waals surface area (Å²) < 4.78 is 14.8. The van der Waals surface area contributed by atoms with Crippen LogP contribution >= 0.6 is 0 Å². The molecule has 158 valence electrons. The number of pyridine rings is 1. The normalized spacial score (nSPS) is 18.7. The van der Waals surface area contributed by atoms with Crippen molar-refractivity contribution < 1.29 is 9.18 Å². The molecule has 2 aromatic carbocycles. The molecular formula is C25H25FN4O. The van der Waals surface area contributed by atoms with Gasteiger partial charge in [0.25, 0.3) is 5.91 Å². The Morgan fingerprint density at radius 2 is 1.87 bits per heavy atom. The average molecular weight is 417 g/mol. The second-order valence-electron chi connectivity index (χ2n) is 8.22. The third-order valence-electron chi connectivity index (χ3n) is 6.31. The summed E-state index contributed by atoms with van der Waals surface area (Å²) in [5.74, 6) is -0.738. The average Bonchev–Trinajstić information content (AvgIpc) is 2.81. The molecule has 6 heteroatoms. The molecule has 5 nitrogen and oxygen atoms in total. The highest BCUT2D eigenvalue weighted by atomic mass is 19.1. The number of carbonyl (C=O) groups excluding carboxylic acids is 1. The van der Waals surface area contributed by atoms with Gasteiger partial charge in [-0.15, -0.1) is 0 Å². The molecule has 3 aromatic rings. The molecule has 2 aliphatic heterocycles. The van der Waals surface area contributed by atoms with Crippen molar-refractivity contribution in [3.8, 4) is 11.1 Å². The minimum atomic E-state index is -0.630. The number of halogens is 1. The first-order valence-electron chi connectivity index (χ1n) is 10.8. The lowest BCUT2D eigenvalue weighted by atomic mass is 9.95. The zero-order chi connectivity index (χ0) is 21.4. The maximum absolute atomic E-state index is 14.8. The van der Waals surface area contributed by atoms with Crippen molar-refractivity contribution in [2.45, 2.75) is 31.7 Å². The molecule has 0 radical (unpaired) electrons. The van der Waals surface area contributed by atoms with Gasteiger partial charge in [0.2, 0.25) is 5.95 Å². The minimum Gasteiger partial charge on any atom is -0.382 e. The molecule has 2 aliphatic rings. The summed E-state index contributed by atoms with van der Waals surface area (Å²) >= 11 is 0. The number of benzene rings is 2. The van der Waals surface area contributed by atoms with Gasteiger partial charge in [-0.2, -0.15) is 4.39 Å². The smallest absolute Gasteiger partial charge is 0.258 e. The fourth-order valence-electron chi connectivity index (χ4n) is 4.60. The molecule has 1 aromatic heterocycles. The van der Waals surface area contributed by atoms with Crippen LogP contribution in [0.3, 0.4) is 0 Å². The number of nitrogens with zero attached hydrogens (tertiary/aromatic N) is 2. The van der Waals surface area contributed by atoms with E-state index >= 15 is 0 Å². The van der Waals surface area contributed by atoms with Gasteiger partial charge in [-0.3, -0.25) is 4.79 Å². The number of nitrogens with two attached hydrogens (primary N) is 1. The Bertz CT molecular complexity index is 1120. The number of aromatic nitrogens is 1. The number of fused-ring (bicyclic) bond motifs is 1. The molecule has 1 amide bonds. The predicted octanol–water partition coefficient (Wildman–Crippen LogP) is 4.49. The predicted molar refractivity (Wildman–Crippen MR) is 120 cm³/mol. The number of piperidine rings is 1. The number of anilines is 2. The summed E-state index contributed by atoms with van der Waals surface area (Å²) in [5.41, 5.74) is 10.4. The highest BCUT2D eigenvalue weighted by Gasteiger charge is 2.28. The van der Waals surface area contributed by atoms with Gasteiger partial charge >= 0.3 is 0 Å². The SMILES string of the molecule is Nc1nc(F)c(-c2ccc(C3CCCCN3)cc2)cc1N1CCc2ccccc2C1=O. The highest BCUT2D eigenvalue weighted by Crippen LogP contribution is 2.34. The standard InChI is InChI=1S/C25H25FN4O/c26-23-20(17-8-10-18(11-9-17)21-7-3-4-13-28-21)15-22(24(27)29-23)30-14-12-16-5-1-2-6-19(16)25(30)31/h1-2,5-6,8-11,15,21,28H,3-4,7,12-14H2,(H2,27,29). The first-order chi connectivity index (χ1) is 15.1. The van der Waals surface area contributed by atoms with Gasteiger partial charge in [0.15, 0.2) is 5.82 Å². The van der Waals surface area contributed by atoms with Crippen LogP contribution in [0, 0.1) is 5.95 Å². The van der Waals surface area contributed by atoms with Gasteiger partial charge in [0, 0.05) is 23.7 Å². The third-order valence-corrected chi connectivity index (χ3v) is 6.31. The van der Waals surface area contributed by atoms with Crippen LogP contribution in [-0.2, 0) is 6.42 Å². The van der Waals surface area contributed by atoms with Crippen molar-refractivity contribution in [1.29, 1.82) is 0 Å². The molecule has 1 saturated heterocycles. The van der Waals surface area contributed by atoms with Crippen molar-refractivity contribution in [3.63, 3.8) is 0 Å². The van der Waals surface area contributed by atoms with E-state index in [2.05, 4.69) is 10.3 Å². The summed E-state index contributed by atoms with van der Waals surface area (Å²) in [7, 11) is 0. The van der Waals surface area contributed by atoms with Crippen LogP contribution in [0.15, 0.2) is 54.6 Å². The van der Waals surface area contributed by atoms with Crippen molar-refractivity contribution in [2.75, 3.05) is 23.7 Å². The van der Waals surface area contributed by atoms with E-state index in [1.165, 1.54) is 18.4 Å². The van der Waals surface area contributed by atoms with Crippen LogP contribution in [0.5, 0.6) is 0 Å². The quantitative estimate of drug-likeness (QED) is 0.618. The number of hydrogen-bond acceptors (Lipinski definition) is 4. The largest absolute Gasteiger partial charge is 0.382 e. The van der Waals surface area contributed by atoms with Crippen LogP contribution < -0.4 is 16.0 Å². The Morgan fingerprint density at radius 3 is 2.65 bits per heavy atom. The van der Waals surface area contributed by atoms with E-state index in [1.807, 2.05) is 48.5 Å². The van der Waals surface area contributed by atoms with E-state index in [0.717, 1.165) is 30.5 Å². The Balaban J connectivity index is 1.47. The number of amides is 1. The number of rotatable bonds is 3. The van der Waals surface area contributed by atoms with Crippen molar-refractivity contribution >= 4 is 17.4 Å². The monoisotopic (exact) mass is 416 g/mol. The number of nitrogen functional groups attached to an aromatic ring is 1. The summed E-state index contributed by atoms with van der Waals surface area (Å²) in [6.45, 7) is 1.51. The van der Waals surface area contributed by atoms with Crippen LogP contribution in [0.4, 0.5) is 15.9 Å². The maximum atomic E-state index is 14.8. The molecule has 5 rings (SSSR count). The molecule has 3 heterocycles. The summed E-state index contributed by atoms with van der Waals surface area (Å²) in [5, 5.41) is 3.53. The van der Waals surface area contributed by atoms with Gasteiger partial charge in [0.05, 0.1) is 5.69 Å². The van der Waals surface area contributed by atoms with Gasteiger partial charge in [-0.25, -0.2) is 4.98 Å². The van der Waals surface area contributed by atoms with Gasteiger partial charge in [-0.1, -0.05) is 48.9 Å². The van der Waals surface area contributed by atoms with Crippen molar-refractivity contribution in [3.05, 3.63) is 77.2 Å². The fraction of sp³-hybridized carbons (Fsp3) is 0.280. The Morgan fingerprint density at radius 1 is 1.06 bits per heavy atom. The topological polar surface area (TPSA) is 71.2 Å². The fourth-order valence-corrected chi connectivity index (χ4v) is 4.60. The van der Waals surface area contributed by atoms with E-state index in [1.54, 1.807) is 11.0 Å². The molecule has 0 spiro atoms. The Hall–Kier alpha value is -3.25. The van der Waals surface area contributed by atoms with E-state index in [-0.39, 0.29) is 11.7 Å². The summed E-state index contributed by atoms with van der Waals surface area (Å²) in [4.78, 5) is 18.6. The van der Waals surface area contributed by atoms with Gasteiger partial charge in [0.1, 0.15) is 0 Å². The summed E-state index contributed by atoms with van der Waals surface area (Å²) in [6, 6.07) is 17.5. The van der Waals surface area contributed by atoms with E-state index in [0.29, 0.717) is 29.4 Å². The van der Waals surface area contributed by atoms with Gasteiger partial charge < -0.3 is 16.0 Å². The van der Waals surface area contributed by atoms with Crippen LogP contribution in [0.1, 0.15) is 46.8 Å². The molecule has 1 fully saturated rings. The van der Waals surface area contributed by atoms with Crippen molar-refractivity contribution in [1.82, 2.24) is 10.3 Å². The second-order valence-corrected chi connectivity index (χ2v) is 8.22. The summed E-state index contributed by atoms with van der Waals surface area (Å²) in [6.07, 6.45) is 4.25. The zero-order valence-corrected chi connectivity index (χ0v) is 17.3. The van der Waals surface area contributed by atoms with Crippen molar-refractivity contribution in [2.24, 2.45) is 0 Å². The Labute approximate surface area is 181 Å². The molecule has 31 heavy (non-hydrogen) atoms. The molecule has 1 atom stereocenters. The van der Waals surface area contributed by atoms with Gasteiger partial charge in [-0.05, 0) is 54.6 Å². The number of nitrogens with one attached hydrogen (secondary N) is 1. The highest BCUT2D eigenvalue weighted by molar-refractivity contribution is 6.09. The molecular weight excluding hydrogens is 391 g/mol.